The van der Waals surface area contributed by atoms with Gasteiger partial charge in [0.1, 0.15) is 0 Å². The summed E-state index contributed by atoms with van der Waals surface area (Å²) in [6.45, 7) is 13.2. The molecular weight excluding hydrogens is 718 g/mol. The summed E-state index contributed by atoms with van der Waals surface area (Å²) in [5, 5.41) is 0. The molecule has 3 rings (SSSR count). The van der Waals surface area contributed by atoms with Crippen LogP contribution in [0.15, 0.2) is 78.9 Å². The molecule has 0 amide bonds. The van der Waals surface area contributed by atoms with E-state index in [-0.39, 0.29) is 0 Å². The first-order valence-corrected chi connectivity index (χ1v) is 24.9. The van der Waals surface area contributed by atoms with Crippen molar-refractivity contribution in [2.24, 2.45) is 5.73 Å². The maximum Gasteiger partial charge on any atom is 0.0178 e. The monoisotopic (exact) mass is 779 g/mol. The van der Waals surface area contributed by atoms with Crippen molar-refractivity contribution >= 4 is 44.5 Å². The summed E-state index contributed by atoms with van der Waals surface area (Å²) in [6, 6.07) is 28.5. The van der Waals surface area contributed by atoms with Gasteiger partial charge in [-0.3, -0.25) is 0 Å². The number of hydrogen-bond donors (Lipinski definition) is 2. The van der Waals surface area contributed by atoms with E-state index in [1.54, 1.807) is 12.5 Å². The van der Waals surface area contributed by atoms with Crippen LogP contribution in [0.2, 0.25) is 13.3 Å². The molecule has 0 radical (unpaired) electrons. The average Bonchev–Trinajstić information content (AvgIpc) is 3.02. The molecule has 228 valence electrons. The molecule has 4 heteroatoms. The minimum absolute atomic E-state index is 0.636. The molecule has 0 aliphatic heterocycles. The number of hydrogen-bond acceptors (Lipinski definition) is 1. The third-order valence-corrected chi connectivity index (χ3v) is 24.8. The molecule has 0 spiro atoms. The minimum atomic E-state index is -2.16. The molecule has 0 aromatic heterocycles. The van der Waals surface area contributed by atoms with Crippen LogP contribution in [0.1, 0.15) is 109 Å². The number of halogens is 1. The van der Waals surface area contributed by atoms with Crippen molar-refractivity contribution in [2.45, 2.75) is 118 Å². The molecule has 0 bridgehead atoms. The van der Waals surface area contributed by atoms with Crippen LogP contribution in [-0.2, 0) is 13.1 Å². The third-order valence-electron chi connectivity index (χ3n) is 8.10. The molecule has 1 unspecified atom stereocenters. The fourth-order valence-electron chi connectivity index (χ4n) is 5.72. The summed E-state index contributed by atoms with van der Waals surface area (Å²) in [5.74, 6) is 0.774. The zero-order valence-electron chi connectivity index (χ0n) is 26.9. The molecule has 1 atom stereocenters. The Morgan fingerprint density at radius 1 is 0.707 bits per heavy atom. The van der Waals surface area contributed by atoms with Crippen LogP contribution < -0.4 is 15.0 Å². The normalized spacial score (nSPS) is 11.6. The smallest absolute Gasteiger partial charge is 0.0178 e. The number of nitrogens with two attached hydrogens (primary N) is 1. The van der Waals surface area contributed by atoms with Gasteiger partial charge in [-0.2, -0.15) is 0 Å². The zero-order valence-corrected chi connectivity index (χ0v) is 31.9. The largest absolute Gasteiger partial charge is 0.326 e. The molecule has 0 saturated heterocycles. The maximum absolute atomic E-state index is 5.42. The fourth-order valence-corrected chi connectivity index (χ4v) is 22.2. The summed E-state index contributed by atoms with van der Waals surface area (Å²) in [4.78, 5) is 0. The molecule has 0 aliphatic carbocycles. The molecule has 5 N–H and O–H groups in total. The first-order chi connectivity index (χ1) is 19.9. The van der Waals surface area contributed by atoms with Gasteiger partial charge < -0.3 is 5.73 Å². The van der Waals surface area contributed by atoms with E-state index in [0.29, 0.717) is 6.54 Å². The molecule has 41 heavy (non-hydrogen) atoms. The fraction of sp³-hybridized carbons (Fsp3) is 0.514. The number of rotatable bonds is 15. The Balaban J connectivity index is 0.000000338. The van der Waals surface area contributed by atoms with Gasteiger partial charge in [0.05, 0.1) is 0 Å². The van der Waals surface area contributed by atoms with Crippen LogP contribution in [0, 0.1) is 3.57 Å². The van der Waals surface area contributed by atoms with Crippen molar-refractivity contribution in [3.63, 3.8) is 0 Å². The number of unbranched alkanes of at least 4 members (excludes halogenated alkanes) is 2. The second kappa shape index (κ2) is 23.6. The number of quaternary nitrogens is 1. The Hall–Kier alpha value is -0.891. The standard InChI is InChI=1S/C12H18.C7H8IN.C7H8N.2C4H9.C3H7.Sn/c1-3-8-11(4-2)12-9-6-5-7-10-12;8-7-3-1-2-6(4-7)5-9;8-6-7-4-2-1-3-5-7;2*1-3-4-2;1-3-2;/h5-7,9-11H,3-4,8H2,1-2H3;1-4H,5,9H2;1-2,4-5H,6,8H2;2*1,3-4H2,2H3;1,3H2,2H3;/p+1. The van der Waals surface area contributed by atoms with E-state index >= 15 is 0 Å². The molecule has 3 aromatic rings. The summed E-state index contributed by atoms with van der Waals surface area (Å²) in [6.07, 6.45) is 10.8. The quantitative estimate of drug-likeness (QED) is 0.117. The Morgan fingerprint density at radius 3 is 1.83 bits per heavy atom. The molecule has 0 heterocycles. The summed E-state index contributed by atoms with van der Waals surface area (Å²) < 4.78 is 7.67. The van der Waals surface area contributed by atoms with Gasteiger partial charge in [0.2, 0.25) is 0 Å². The van der Waals surface area contributed by atoms with E-state index in [4.69, 9.17) is 5.73 Å². The van der Waals surface area contributed by atoms with Crippen LogP contribution in [0.5, 0.6) is 0 Å². The van der Waals surface area contributed by atoms with Crippen molar-refractivity contribution in [3.05, 3.63) is 99.1 Å². The van der Waals surface area contributed by atoms with E-state index in [0.717, 1.165) is 12.5 Å². The van der Waals surface area contributed by atoms with Crippen LogP contribution in [0.3, 0.4) is 0 Å². The summed E-state index contributed by atoms with van der Waals surface area (Å²) >= 11 is 0.115. The minimum Gasteiger partial charge on any atom is -0.326 e. The topological polar surface area (TPSA) is 53.7 Å². The zero-order chi connectivity index (χ0) is 30.3. The average molecular weight is 779 g/mol. The first-order valence-electron chi connectivity index (χ1n) is 16.3. The Morgan fingerprint density at radius 2 is 1.34 bits per heavy atom. The summed E-state index contributed by atoms with van der Waals surface area (Å²) in [5.41, 5.74) is 13.6. The molecule has 0 aliphatic rings. The Bertz CT molecular complexity index is 1030. The van der Waals surface area contributed by atoms with Crippen LogP contribution >= 0.6 is 22.6 Å². The van der Waals surface area contributed by atoms with Gasteiger partial charge in [-0.05, 0) is 64.6 Å². The van der Waals surface area contributed by atoms with E-state index < -0.39 is 18.4 Å². The van der Waals surface area contributed by atoms with Crippen molar-refractivity contribution in [1.82, 2.24) is 0 Å². The van der Waals surface area contributed by atoms with Gasteiger partial charge >= 0.3 is 130 Å². The van der Waals surface area contributed by atoms with Crippen LogP contribution in [0.25, 0.3) is 0 Å². The van der Waals surface area contributed by atoms with Gasteiger partial charge in [0.25, 0.3) is 0 Å². The second-order valence-electron chi connectivity index (χ2n) is 11.3. The Kier molecular flexibility index (Phi) is 21.9. The van der Waals surface area contributed by atoms with Gasteiger partial charge in [0.15, 0.2) is 0 Å². The molecule has 2 nitrogen and oxygen atoms in total. The molecule has 3 aromatic carbocycles. The molecule has 0 saturated carbocycles. The SMILES string of the molecule is CCCC(CC)c1ccccc1.CCC[CH2][Sn]([CH2]CC)([CH2]CCC)[c]1cccc(C[NH3+])c1.NCc1cccc(I)c1. The van der Waals surface area contributed by atoms with E-state index in [1.807, 2.05) is 12.1 Å². The summed E-state index contributed by atoms with van der Waals surface area (Å²) in [7, 11) is 0. The van der Waals surface area contributed by atoms with Gasteiger partial charge in [-0.1, -0.05) is 62.7 Å². The van der Waals surface area contributed by atoms with Gasteiger partial charge in [-0.25, -0.2) is 0 Å². The van der Waals surface area contributed by atoms with Gasteiger partial charge in [-0.15, -0.1) is 0 Å². The second-order valence-corrected chi connectivity index (χ2v) is 25.8. The van der Waals surface area contributed by atoms with E-state index in [9.17, 15) is 0 Å². The predicted octanol–water partition coefficient (Wildman–Crippen LogP) is 9.82. The number of benzene rings is 3. The van der Waals surface area contributed by atoms with Gasteiger partial charge in [0, 0.05) is 10.1 Å². The predicted molar refractivity (Wildman–Crippen MR) is 194 cm³/mol. The van der Waals surface area contributed by atoms with Crippen molar-refractivity contribution in [3.8, 4) is 0 Å². The third kappa shape index (κ3) is 14.9. The van der Waals surface area contributed by atoms with Crippen LogP contribution in [-0.4, -0.2) is 18.4 Å². The maximum atomic E-state index is 5.42. The Labute approximate surface area is 271 Å². The van der Waals surface area contributed by atoms with Crippen LogP contribution in [0.4, 0.5) is 0 Å². The van der Waals surface area contributed by atoms with Crippen molar-refractivity contribution in [2.75, 3.05) is 0 Å². The molecular formula is C37H60IN2Sn+. The van der Waals surface area contributed by atoms with E-state index in [1.165, 1.54) is 76.1 Å². The van der Waals surface area contributed by atoms with E-state index in [2.05, 4.69) is 130 Å². The van der Waals surface area contributed by atoms with Crippen molar-refractivity contribution in [1.29, 1.82) is 0 Å². The molecule has 0 fully saturated rings. The first kappa shape index (κ1) is 38.1. The van der Waals surface area contributed by atoms with Crippen molar-refractivity contribution < 1.29 is 5.73 Å².